The lowest BCUT2D eigenvalue weighted by Gasteiger charge is -2.04. The van der Waals surface area contributed by atoms with Gasteiger partial charge in [0.2, 0.25) is 0 Å². The molecule has 0 aliphatic rings. The van der Waals surface area contributed by atoms with Gasteiger partial charge in [-0.2, -0.15) is 0 Å². The van der Waals surface area contributed by atoms with Crippen molar-refractivity contribution < 1.29 is 0 Å². The molecular weight excluding hydrogens is 324 g/mol. The molecule has 1 aromatic carbocycles. The van der Waals surface area contributed by atoms with E-state index in [0.717, 1.165) is 5.69 Å². The van der Waals surface area contributed by atoms with Gasteiger partial charge >= 0.3 is 0 Å². The van der Waals surface area contributed by atoms with Crippen LogP contribution in [0.3, 0.4) is 0 Å². The smallest absolute Gasteiger partial charge is 0.135 e. The Labute approximate surface area is 106 Å². The van der Waals surface area contributed by atoms with Crippen LogP contribution in [-0.4, -0.2) is 9.97 Å². The van der Waals surface area contributed by atoms with E-state index in [9.17, 15) is 0 Å². The molecule has 1 N–H and O–H groups in total. The predicted octanol–water partition coefficient (Wildman–Crippen LogP) is 3.48. The number of aromatic nitrogens is 2. The minimum atomic E-state index is 0.429. The zero-order valence-electron chi connectivity index (χ0n) is 7.61. The van der Waals surface area contributed by atoms with E-state index in [-0.39, 0.29) is 0 Å². The van der Waals surface area contributed by atoms with E-state index in [4.69, 9.17) is 11.6 Å². The van der Waals surface area contributed by atoms with Gasteiger partial charge in [0.1, 0.15) is 17.3 Å². The van der Waals surface area contributed by atoms with Crippen molar-refractivity contribution in [3.63, 3.8) is 0 Å². The highest BCUT2D eigenvalue weighted by atomic mass is 127. The summed E-state index contributed by atoms with van der Waals surface area (Å²) in [6, 6.07) is 9.69. The second-order valence-corrected chi connectivity index (χ2v) is 4.49. The summed E-state index contributed by atoms with van der Waals surface area (Å²) in [7, 11) is 0. The Balaban J connectivity index is 2.18. The second kappa shape index (κ2) is 4.76. The lowest BCUT2D eigenvalue weighted by Crippen LogP contribution is -1.93. The Hall–Kier alpha value is -0.880. The summed E-state index contributed by atoms with van der Waals surface area (Å²) < 4.78 is 1.19. The average molecular weight is 332 g/mol. The highest BCUT2D eigenvalue weighted by Crippen LogP contribution is 2.17. The molecule has 0 fully saturated rings. The van der Waals surface area contributed by atoms with E-state index in [1.807, 2.05) is 24.3 Å². The maximum absolute atomic E-state index is 5.74. The first-order valence-corrected chi connectivity index (χ1v) is 5.70. The third-order valence-corrected chi connectivity index (χ3v) is 2.68. The lowest BCUT2D eigenvalue weighted by molar-refractivity contribution is 1.17. The molecule has 0 atom stereocenters. The first kappa shape index (κ1) is 10.6. The second-order valence-electron chi connectivity index (χ2n) is 2.86. The van der Waals surface area contributed by atoms with Crippen molar-refractivity contribution in [2.45, 2.75) is 0 Å². The summed E-state index contributed by atoms with van der Waals surface area (Å²) in [4.78, 5) is 7.86. The standard InChI is InChI=1S/C10H7ClIN3/c11-9-5-10(14-6-13-9)15-8-3-1-7(12)2-4-8/h1-6H,(H,13,14,15). The van der Waals surface area contributed by atoms with Crippen molar-refractivity contribution in [2.75, 3.05) is 5.32 Å². The highest BCUT2D eigenvalue weighted by Gasteiger charge is 1.97. The van der Waals surface area contributed by atoms with Crippen LogP contribution in [0.2, 0.25) is 5.15 Å². The molecule has 76 valence electrons. The van der Waals surface area contributed by atoms with Crippen LogP contribution in [0.25, 0.3) is 0 Å². The van der Waals surface area contributed by atoms with E-state index in [2.05, 4.69) is 37.9 Å². The van der Waals surface area contributed by atoms with Crippen LogP contribution in [0.1, 0.15) is 0 Å². The number of rotatable bonds is 2. The first-order valence-electron chi connectivity index (χ1n) is 4.24. The van der Waals surface area contributed by atoms with Crippen LogP contribution in [0.15, 0.2) is 36.7 Å². The summed E-state index contributed by atoms with van der Waals surface area (Å²) in [5, 5.41) is 3.56. The van der Waals surface area contributed by atoms with Crippen LogP contribution in [-0.2, 0) is 0 Å². The highest BCUT2D eigenvalue weighted by molar-refractivity contribution is 14.1. The molecule has 3 nitrogen and oxygen atoms in total. The fraction of sp³-hybridized carbons (Fsp3) is 0. The topological polar surface area (TPSA) is 37.8 Å². The molecule has 0 unspecified atom stereocenters. The molecule has 0 aliphatic carbocycles. The fourth-order valence-electron chi connectivity index (χ4n) is 1.08. The molecule has 0 saturated carbocycles. The zero-order chi connectivity index (χ0) is 10.7. The molecule has 1 heterocycles. The average Bonchev–Trinajstić information content (AvgIpc) is 2.22. The van der Waals surface area contributed by atoms with Gasteiger partial charge in [0, 0.05) is 15.3 Å². The maximum atomic E-state index is 5.74. The number of halogens is 2. The lowest BCUT2D eigenvalue weighted by atomic mass is 10.3. The van der Waals surface area contributed by atoms with Gasteiger partial charge in [-0.05, 0) is 46.9 Å². The van der Waals surface area contributed by atoms with E-state index >= 15 is 0 Å². The molecule has 5 heteroatoms. The molecule has 0 saturated heterocycles. The third kappa shape index (κ3) is 3.04. The zero-order valence-corrected chi connectivity index (χ0v) is 10.5. The minimum Gasteiger partial charge on any atom is -0.340 e. The normalized spacial score (nSPS) is 10.0. The molecular formula is C10H7ClIN3. The van der Waals surface area contributed by atoms with Gasteiger partial charge in [-0.1, -0.05) is 11.6 Å². The molecule has 0 amide bonds. The van der Waals surface area contributed by atoms with Gasteiger partial charge < -0.3 is 5.32 Å². The Morgan fingerprint density at radius 1 is 1.13 bits per heavy atom. The third-order valence-electron chi connectivity index (χ3n) is 1.75. The van der Waals surface area contributed by atoms with E-state index in [1.165, 1.54) is 9.90 Å². The van der Waals surface area contributed by atoms with E-state index < -0.39 is 0 Å². The number of hydrogen-bond donors (Lipinski definition) is 1. The number of nitrogens with zero attached hydrogens (tertiary/aromatic N) is 2. The summed E-state index contributed by atoms with van der Waals surface area (Å²) >= 11 is 8.00. The van der Waals surface area contributed by atoms with Gasteiger partial charge in [-0.25, -0.2) is 9.97 Å². The Bertz CT molecular complexity index is 458. The summed E-state index contributed by atoms with van der Waals surface area (Å²) in [6.45, 7) is 0. The van der Waals surface area contributed by atoms with Crippen molar-refractivity contribution in [3.8, 4) is 0 Å². The van der Waals surface area contributed by atoms with Crippen molar-refractivity contribution in [3.05, 3.63) is 45.4 Å². The van der Waals surface area contributed by atoms with Gasteiger partial charge in [0.05, 0.1) is 0 Å². The molecule has 0 aliphatic heterocycles. The van der Waals surface area contributed by atoms with Gasteiger partial charge in [0.25, 0.3) is 0 Å². The largest absolute Gasteiger partial charge is 0.340 e. The molecule has 1 aromatic heterocycles. The maximum Gasteiger partial charge on any atom is 0.135 e. The summed E-state index contributed by atoms with van der Waals surface area (Å²) in [6.07, 6.45) is 1.43. The van der Waals surface area contributed by atoms with Gasteiger partial charge in [0.15, 0.2) is 0 Å². The van der Waals surface area contributed by atoms with Crippen molar-refractivity contribution >= 4 is 45.7 Å². The monoisotopic (exact) mass is 331 g/mol. The Morgan fingerprint density at radius 2 is 1.87 bits per heavy atom. The molecule has 0 bridgehead atoms. The van der Waals surface area contributed by atoms with Crippen LogP contribution in [0.5, 0.6) is 0 Å². The minimum absolute atomic E-state index is 0.429. The van der Waals surface area contributed by atoms with Gasteiger partial charge in [-0.15, -0.1) is 0 Å². The van der Waals surface area contributed by atoms with Crippen LogP contribution >= 0.6 is 34.2 Å². The molecule has 2 rings (SSSR count). The predicted molar refractivity (Wildman–Crippen MR) is 69.5 cm³/mol. The van der Waals surface area contributed by atoms with Crippen LogP contribution in [0, 0.1) is 3.57 Å². The molecule has 15 heavy (non-hydrogen) atoms. The van der Waals surface area contributed by atoms with E-state index in [0.29, 0.717) is 11.0 Å². The summed E-state index contributed by atoms with van der Waals surface area (Å²) in [5.41, 5.74) is 0.977. The van der Waals surface area contributed by atoms with Gasteiger partial charge in [-0.3, -0.25) is 0 Å². The first-order chi connectivity index (χ1) is 7.24. The molecule has 0 spiro atoms. The molecule has 2 aromatic rings. The van der Waals surface area contributed by atoms with Crippen LogP contribution < -0.4 is 5.32 Å². The van der Waals surface area contributed by atoms with Crippen molar-refractivity contribution in [2.24, 2.45) is 0 Å². The Kier molecular flexibility index (Phi) is 3.37. The fourth-order valence-corrected chi connectivity index (χ4v) is 1.59. The Morgan fingerprint density at radius 3 is 2.53 bits per heavy atom. The number of anilines is 2. The number of hydrogen-bond acceptors (Lipinski definition) is 3. The molecule has 0 radical (unpaired) electrons. The number of nitrogens with one attached hydrogen (secondary N) is 1. The van der Waals surface area contributed by atoms with Crippen LogP contribution in [0.4, 0.5) is 11.5 Å². The van der Waals surface area contributed by atoms with Crippen molar-refractivity contribution in [1.82, 2.24) is 9.97 Å². The quantitative estimate of drug-likeness (QED) is 0.676. The van der Waals surface area contributed by atoms with E-state index in [1.54, 1.807) is 6.07 Å². The number of benzene rings is 1. The SMILES string of the molecule is Clc1cc(Nc2ccc(I)cc2)ncn1. The summed E-state index contributed by atoms with van der Waals surface area (Å²) in [5.74, 6) is 0.691. The van der Waals surface area contributed by atoms with Crippen molar-refractivity contribution in [1.29, 1.82) is 0 Å².